The van der Waals surface area contributed by atoms with Crippen molar-refractivity contribution in [3.8, 4) is 5.75 Å². The van der Waals surface area contributed by atoms with Crippen molar-refractivity contribution >= 4 is 26.0 Å². The lowest BCUT2D eigenvalue weighted by molar-refractivity contribution is -0.0120. The minimum Gasteiger partial charge on any atom is -0.495 e. The van der Waals surface area contributed by atoms with E-state index in [2.05, 4.69) is 15.9 Å². The van der Waals surface area contributed by atoms with Crippen molar-refractivity contribution in [3.05, 3.63) is 22.7 Å². The minimum absolute atomic E-state index is 0.143. The molecule has 0 amide bonds. The number of benzene rings is 1. The van der Waals surface area contributed by atoms with Gasteiger partial charge in [0.05, 0.1) is 19.8 Å². The first-order valence-corrected chi connectivity index (χ1v) is 8.80. The van der Waals surface area contributed by atoms with Crippen LogP contribution in [-0.2, 0) is 14.8 Å². The summed E-state index contributed by atoms with van der Waals surface area (Å²) in [5, 5.41) is 0. The number of nitrogens with two attached hydrogens (primary N) is 1. The molecule has 1 aliphatic rings. The van der Waals surface area contributed by atoms with Gasteiger partial charge in [0, 0.05) is 23.6 Å². The molecular formula is C13H19BrN2O4S. The molecular weight excluding hydrogens is 360 g/mol. The highest BCUT2D eigenvalue weighted by Crippen LogP contribution is 2.30. The van der Waals surface area contributed by atoms with Crippen LogP contribution in [0.1, 0.15) is 6.92 Å². The zero-order chi connectivity index (χ0) is 15.6. The van der Waals surface area contributed by atoms with E-state index in [-0.39, 0.29) is 23.6 Å². The molecule has 2 unspecified atom stereocenters. The smallest absolute Gasteiger partial charge is 0.246 e. The molecule has 2 rings (SSSR count). The molecule has 8 heteroatoms. The quantitative estimate of drug-likeness (QED) is 0.850. The summed E-state index contributed by atoms with van der Waals surface area (Å²) >= 11 is 3.29. The zero-order valence-corrected chi connectivity index (χ0v) is 14.4. The van der Waals surface area contributed by atoms with Crippen LogP contribution in [0.3, 0.4) is 0 Å². The van der Waals surface area contributed by atoms with E-state index in [1.54, 1.807) is 25.1 Å². The molecule has 1 heterocycles. The van der Waals surface area contributed by atoms with E-state index in [1.807, 2.05) is 0 Å². The van der Waals surface area contributed by atoms with Gasteiger partial charge in [-0.15, -0.1) is 0 Å². The van der Waals surface area contributed by atoms with Crippen LogP contribution < -0.4 is 10.5 Å². The molecule has 0 radical (unpaired) electrons. The second kappa shape index (κ2) is 6.62. The zero-order valence-electron chi connectivity index (χ0n) is 12.0. The minimum atomic E-state index is -3.65. The second-order valence-electron chi connectivity index (χ2n) is 4.93. The molecule has 1 aromatic carbocycles. The highest BCUT2D eigenvalue weighted by Gasteiger charge is 2.34. The summed E-state index contributed by atoms with van der Waals surface area (Å²) in [7, 11) is -2.20. The number of nitrogens with zero attached hydrogens (tertiary/aromatic N) is 1. The summed E-state index contributed by atoms with van der Waals surface area (Å²) in [4.78, 5) is 0.143. The van der Waals surface area contributed by atoms with Crippen LogP contribution in [0.15, 0.2) is 27.6 Å². The van der Waals surface area contributed by atoms with Crippen molar-refractivity contribution in [2.24, 2.45) is 5.73 Å². The third-order valence-electron chi connectivity index (χ3n) is 3.39. The van der Waals surface area contributed by atoms with Crippen molar-refractivity contribution in [1.29, 1.82) is 0 Å². The maximum atomic E-state index is 12.8. The van der Waals surface area contributed by atoms with Gasteiger partial charge in [0.1, 0.15) is 10.6 Å². The number of morpholine rings is 1. The standard InChI is InChI=1S/C13H19BrN2O4S/c1-9(15)12-8-16(5-6-20-12)21(17,18)13-7-10(14)3-4-11(13)19-2/h3-4,7,9,12H,5-6,8,15H2,1-2H3. The van der Waals surface area contributed by atoms with Crippen LogP contribution in [0, 0.1) is 0 Å². The Balaban J connectivity index is 2.35. The molecule has 118 valence electrons. The summed E-state index contributed by atoms with van der Waals surface area (Å²) < 4.78 is 38.4. The van der Waals surface area contributed by atoms with Crippen LogP contribution in [0.25, 0.3) is 0 Å². The van der Waals surface area contributed by atoms with Gasteiger partial charge in [-0.05, 0) is 25.1 Å². The third-order valence-corrected chi connectivity index (χ3v) is 5.77. The van der Waals surface area contributed by atoms with Crippen molar-refractivity contribution in [1.82, 2.24) is 4.31 Å². The fraction of sp³-hybridized carbons (Fsp3) is 0.538. The summed E-state index contributed by atoms with van der Waals surface area (Å²) in [6, 6.07) is 4.68. The number of hydrogen-bond donors (Lipinski definition) is 1. The van der Waals surface area contributed by atoms with E-state index in [0.29, 0.717) is 23.4 Å². The summed E-state index contributed by atoms with van der Waals surface area (Å²) in [5.41, 5.74) is 5.81. The first-order valence-electron chi connectivity index (χ1n) is 6.57. The fourth-order valence-electron chi connectivity index (χ4n) is 2.18. The van der Waals surface area contributed by atoms with Gasteiger partial charge < -0.3 is 15.2 Å². The monoisotopic (exact) mass is 378 g/mol. The predicted octanol–water partition coefficient (Wildman–Crippen LogP) is 1.19. The van der Waals surface area contributed by atoms with E-state index >= 15 is 0 Å². The molecule has 1 fully saturated rings. The van der Waals surface area contributed by atoms with E-state index < -0.39 is 10.0 Å². The van der Waals surface area contributed by atoms with Crippen molar-refractivity contribution < 1.29 is 17.9 Å². The van der Waals surface area contributed by atoms with Crippen molar-refractivity contribution in [2.45, 2.75) is 24.0 Å². The van der Waals surface area contributed by atoms with Crippen molar-refractivity contribution in [3.63, 3.8) is 0 Å². The average Bonchev–Trinajstić information content (AvgIpc) is 2.47. The normalized spacial score (nSPS) is 22.0. The lowest BCUT2D eigenvalue weighted by Gasteiger charge is -2.34. The largest absolute Gasteiger partial charge is 0.495 e. The Kier molecular flexibility index (Phi) is 5.26. The molecule has 0 spiro atoms. The Hall–Kier alpha value is -0.670. The fourth-order valence-corrected chi connectivity index (χ4v) is 4.31. The number of hydrogen-bond acceptors (Lipinski definition) is 5. The van der Waals surface area contributed by atoms with Gasteiger partial charge in [0.25, 0.3) is 0 Å². The Bertz CT molecular complexity index is 606. The van der Waals surface area contributed by atoms with Crippen LogP contribution >= 0.6 is 15.9 Å². The Morgan fingerprint density at radius 3 is 2.86 bits per heavy atom. The molecule has 0 bridgehead atoms. The Morgan fingerprint density at radius 1 is 1.52 bits per heavy atom. The van der Waals surface area contributed by atoms with Crippen LogP contribution in [0.5, 0.6) is 5.75 Å². The number of halogens is 1. The Morgan fingerprint density at radius 2 is 2.24 bits per heavy atom. The van der Waals surface area contributed by atoms with Gasteiger partial charge in [0.15, 0.2) is 0 Å². The van der Waals surface area contributed by atoms with E-state index in [9.17, 15) is 8.42 Å². The van der Waals surface area contributed by atoms with Crippen LogP contribution in [0.4, 0.5) is 0 Å². The molecule has 0 aliphatic carbocycles. The molecule has 21 heavy (non-hydrogen) atoms. The highest BCUT2D eigenvalue weighted by atomic mass is 79.9. The van der Waals surface area contributed by atoms with Gasteiger partial charge in [0.2, 0.25) is 10.0 Å². The molecule has 1 aromatic rings. The summed E-state index contributed by atoms with van der Waals surface area (Å²) in [6.07, 6.45) is -0.299. The summed E-state index contributed by atoms with van der Waals surface area (Å²) in [6.45, 7) is 2.69. The molecule has 1 aliphatic heterocycles. The third kappa shape index (κ3) is 3.57. The Labute approximate surface area is 133 Å². The lowest BCUT2D eigenvalue weighted by Crippen LogP contribution is -2.51. The first-order chi connectivity index (χ1) is 9.86. The van der Waals surface area contributed by atoms with Crippen molar-refractivity contribution in [2.75, 3.05) is 26.8 Å². The average molecular weight is 379 g/mol. The number of rotatable bonds is 4. The highest BCUT2D eigenvalue weighted by molar-refractivity contribution is 9.10. The second-order valence-corrected chi connectivity index (χ2v) is 7.75. The first kappa shape index (κ1) is 16.7. The molecule has 2 N–H and O–H groups in total. The van der Waals surface area contributed by atoms with Gasteiger partial charge >= 0.3 is 0 Å². The number of sulfonamides is 1. The van der Waals surface area contributed by atoms with E-state index in [4.69, 9.17) is 15.2 Å². The number of ether oxygens (including phenoxy) is 2. The maximum Gasteiger partial charge on any atom is 0.246 e. The molecule has 0 aromatic heterocycles. The van der Waals surface area contributed by atoms with Gasteiger partial charge in [-0.25, -0.2) is 8.42 Å². The SMILES string of the molecule is COc1ccc(Br)cc1S(=O)(=O)N1CCOC(C(C)N)C1. The van der Waals surface area contributed by atoms with Gasteiger partial charge in [-0.3, -0.25) is 0 Å². The molecule has 6 nitrogen and oxygen atoms in total. The van der Waals surface area contributed by atoms with E-state index in [0.717, 1.165) is 0 Å². The molecule has 0 saturated carbocycles. The molecule has 2 atom stereocenters. The molecule has 1 saturated heterocycles. The van der Waals surface area contributed by atoms with Crippen LogP contribution in [0.2, 0.25) is 0 Å². The maximum absolute atomic E-state index is 12.8. The lowest BCUT2D eigenvalue weighted by atomic mass is 10.2. The topological polar surface area (TPSA) is 81.9 Å². The van der Waals surface area contributed by atoms with Gasteiger partial charge in [-0.2, -0.15) is 4.31 Å². The predicted molar refractivity (Wildman–Crippen MR) is 82.8 cm³/mol. The van der Waals surface area contributed by atoms with Crippen LogP contribution in [-0.4, -0.2) is 51.7 Å². The number of methoxy groups -OCH3 is 1. The van der Waals surface area contributed by atoms with Gasteiger partial charge in [-0.1, -0.05) is 15.9 Å². The van der Waals surface area contributed by atoms with E-state index in [1.165, 1.54) is 11.4 Å². The summed E-state index contributed by atoms with van der Waals surface area (Å²) in [5.74, 6) is 0.321.